The Balaban J connectivity index is 2.46. The van der Waals surface area contributed by atoms with Gasteiger partial charge in [0, 0.05) is 17.1 Å². The van der Waals surface area contributed by atoms with Gasteiger partial charge in [-0.2, -0.15) is 5.10 Å². The zero-order chi connectivity index (χ0) is 14.2. The number of hydrogen-bond donors (Lipinski definition) is 1. The number of aryl methyl sites for hydroxylation is 2. The highest BCUT2D eigenvalue weighted by atomic mass is 35.5. The highest BCUT2D eigenvalue weighted by Crippen LogP contribution is 2.31. The maximum atomic E-state index is 5.93. The fraction of sp³-hybridized carbons (Fsp3) is 0.167. The molecular weight excluding hydrogens is 305 g/mol. The Morgan fingerprint density at radius 2 is 1.89 bits per heavy atom. The van der Waals surface area contributed by atoms with Gasteiger partial charge in [0.1, 0.15) is 10.7 Å². The fourth-order valence-corrected chi connectivity index (χ4v) is 2.48. The minimum atomic E-state index is 0.230. The Hall–Kier alpha value is -1.30. The molecule has 0 saturated heterocycles. The summed E-state index contributed by atoms with van der Waals surface area (Å²) in [5, 5.41) is 5.20. The van der Waals surface area contributed by atoms with E-state index in [9.17, 15) is 0 Å². The normalized spacial score (nSPS) is 10.5. The van der Waals surface area contributed by atoms with Crippen molar-refractivity contribution in [1.29, 1.82) is 0 Å². The number of nitrogens with zero attached hydrogens (tertiary/aromatic N) is 2. The molecule has 1 aromatic heterocycles. The van der Waals surface area contributed by atoms with Gasteiger partial charge >= 0.3 is 0 Å². The highest BCUT2D eigenvalue weighted by Gasteiger charge is 2.18. The zero-order valence-electron chi connectivity index (χ0n) is 10.3. The van der Waals surface area contributed by atoms with E-state index in [4.69, 9.17) is 45.9 Å². The molecule has 0 aliphatic heterocycles. The first-order valence-corrected chi connectivity index (χ1v) is 6.52. The Bertz CT molecular complexity index is 634. The number of aromatic nitrogens is 2. The van der Waals surface area contributed by atoms with Gasteiger partial charge in [0.05, 0.1) is 11.3 Å². The van der Waals surface area contributed by atoms with Gasteiger partial charge in [0.15, 0.2) is 0 Å². The molecule has 4 nitrogen and oxygen atoms in total. The lowest BCUT2D eigenvalue weighted by Gasteiger charge is -2.08. The molecule has 0 amide bonds. The van der Waals surface area contributed by atoms with Crippen molar-refractivity contribution in [3.05, 3.63) is 39.5 Å². The lowest BCUT2D eigenvalue weighted by molar-refractivity contribution is 0.430. The second-order valence-corrected chi connectivity index (χ2v) is 5.27. The summed E-state index contributed by atoms with van der Waals surface area (Å²) < 4.78 is 7.32. The van der Waals surface area contributed by atoms with E-state index in [0.717, 1.165) is 0 Å². The number of benzene rings is 1. The average molecular weight is 316 g/mol. The molecule has 2 N–H and O–H groups in total. The zero-order valence-corrected chi connectivity index (χ0v) is 12.6. The molecule has 7 heteroatoms. The van der Waals surface area contributed by atoms with Crippen molar-refractivity contribution < 1.29 is 4.74 Å². The van der Waals surface area contributed by atoms with Gasteiger partial charge in [-0.3, -0.25) is 0 Å². The summed E-state index contributed by atoms with van der Waals surface area (Å²) in [5.41, 5.74) is 7.00. The lowest BCUT2D eigenvalue weighted by atomic mass is 10.2. The Kier molecular flexibility index (Phi) is 3.99. The number of ether oxygens (including phenoxy) is 1. The topological polar surface area (TPSA) is 53.1 Å². The maximum absolute atomic E-state index is 5.93. The molecule has 19 heavy (non-hydrogen) atoms. The molecule has 0 saturated carbocycles. The van der Waals surface area contributed by atoms with Crippen molar-refractivity contribution in [2.24, 2.45) is 12.8 Å². The Morgan fingerprint density at radius 1 is 1.32 bits per heavy atom. The quantitative estimate of drug-likeness (QED) is 0.881. The van der Waals surface area contributed by atoms with Gasteiger partial charge in [-0.15, -0.1) is 0 Å². The summed E-state index contributed by atoms with van der Waals surface area (Å²) in [7, 11) is 1.75. The average Bonchev–Trinajstić information content (AvgIpc) is 2.52. The monoisotopic (exact) mass is 315 g/mol. The second kappa shape index (κ2) is 5.36. The summed E-state index contributed by atoms with van der Waals surface area (Å²) in [6, 6.07) is 4.93. The van der Waals surface area contributed by atoms with Crippen molar-refractivity contribution in [3.8, 4) is 11.6 Å². The molecular formula is C12H11Cl2N3OS. The highest BCUT2D eigenvalue weighted by molar-refractivity contribution is 7.80. The molecule has 0 spiro atoms. The Labute approximate surface area is 126 Å². The van der Waals surface area contributed by atoms with Crippen molar-refractivity contribution >= 4 is 40.4 Å². The number of halogens is 2. The van der Waals surface area contributed by atoms with Crippen LogP contribution in [0.1, 0.15) is 11.3 Å². The maximum Gasteiger partial charge on any atom is 0.228 e. The molecule has 0 fully saturated rings. The van der Waals surface area contributed by atoms with Crippen LogP contribution < -0.4 is 10.5 Å². The van der Waals surface area contributed by atoms with Crippen LogP contribution in [0.2, 0.25) is 10.0 Å². The molecule has 0 unspecified atom stereocenters. The van der Waals surface area contributed by atoms with E-state index in [1.165, 1.54) is 0 Å². The SMILES string of the molecule is Cc1nn(C)c(Oc2cc(Cl)cc(Cl)c2)c1C(N)=S. The van der Waals surface area contributed by atoms with E-state index in [0.29, 0.717) is 32.9 Å². The van der Waals surface area contributed by atoms with E-state index in [-0.39, 0.29) is 4.99 Å². The second-order valence-electron chi connectivity index (χ2n) is 3.96. The fourth-order valence-electron chi connectivity index (χ4n) is 1.74. The van der Waals surface area contributed by atoms with Crippen LogP contribution in [0.4, 0.5) is 0 Å². The predicted octanol–water partition coefficient (Wildman–Crippen LogP) is 3.46. The van der Waals surface area contributed by atoms with E-state index in [2.05, 4.69) is 5.10 Å². The van der Waals surface area contributed by atoms with Crippen LogP contribution in [0.25, 0.3) is 0 Å². The number of nitrogens with two attached hydrogens (primary N) is 1. The van der Waals surface area contributed by atoms with Crippen molar-refractivity contribution in [2.45, 2.75) is 6.92 Å². The summed E-state index contributed by atoms with van der Waals surface area (Å²) in [5.74, 6) is 0.960. The Morgan fingerprint density at radius 3 is 2.42 bits per heavy atom. The molecule has 0 bridgehead atoms. The van der Waals surface area contributed by atoms with Gasteiger partial charge in [-0.25, -0.2) is 4.68 Å². The van der Waals surface area contributed by atoms with Crippen molar-refractivity contribution in [2.75, 3.05) is 0 Å². The predicted molar refractivity (Wildman–Crippen MR) is 80.4 cm³/mol. The first-order chi connectivity index (χ1) is 8.88. The number of hydrogen-bond acceptors (Lipinski definition) is 3. The van der Waals surface area contributed by atoms with Gasteiger partial charge < -0.3 is 10.5 Å². The van der Waals surface area contributed by atoms with Gasteiger partial charge in [0.25, 0.3) is 0 Å². The van der Waals surface area contributed by atoms with Crippen LogP contribution in [-0.2, 0) is 7.05 Å². The minimum absolute atomic E-state index is 0.230. The molecule has 0 radical (unpaired) electrons. The summed E-state index contributed by atoms with van der Waals surface area (Å²) in [6.45, 7) is 1.81. The third kappa shape index (κ3) is 3.00. The molecule has 1 heterocycles. The van der Waals surface area contributed by atoms with Gasteiger partial charge in [-0.1, -0.05) is 35.4 Å². The van der Waals surface area contributed by atoms with Crippen LogP contribution in [0.15, 0.2) is 18.2 Å². The summed E-state index contributed by atoms with van der Waals surface area (Å²) >= 11 is 16.9. The molecule has 0 aliphatic carbocycles. The van der Waals surface area contributed by atoms with E-state index >= 15 is 0 Å². The third-order valence-electron chi connectivity index (χ3n) is 2.47. The first-order valence-electron chi connectivity index (χ1n) is 5.36. The van der Waals surface area contributed by atoms with E-state index < -0.39 is 0 Å². The van der Waals surface area contributed by atoms with Crippen LogP contribution in [-0.4, -0.2) is 14.8 Å². The first kappa shape index (κ1) is 14.1. The number of thiocarbonyl (C=S) groups is 1. The lowest BCUT2D eigenvalue weighted by Crippen LogP contribution is -2.11. The van der Waals surface area contributed by atoms with E-state index in [1.807, 2.05) is 6.92 Å². The van der Waals surface area contributed by atoms with Crippen LogP contribution in [0.5, 0.6) is 11.6 Å². The molecule has 2 aromatic rings. The van der Waals surface area contributed by atoms with Crippen molar-refractivity contribution in [3.63, 3.8) is 0 Å². The van der Waals surface area contributed by atoms with Gasteiger partial charge in [-0.05, 0) is 25.1 Å². The van der Waals surface area contributed by atoms with Crippen molar-refractivity contribution in [1.82, 2.24) is 9.78 Å². The summed E-state index contributed by atoms with van der Waals surface area (Å²) in [6.07, 6.45) is 0. The molecule has 1 aromatic carbocycles. The standard InChI is InChI=1S/C12H11Cl2N3OS/c1-6-10(11(15)19)12(17(2)16-6)18-9-4-7(13)3-8(14)5-9/h3-5H,1-2H3,(H2,15,19). The largest absolute Gasteiger partial charge is 0.438 e. The van der Waals surface area contributed by atoms with E-state index in [1.54, 1.807) is 29.9 Å². The van der Waals surface area contributed by atoms with Crippen LogP contribution in [0.3, 0.4) is 0 Å². The molecule has 100 valence electrons. The molecule has 0 atom stereocenters. The van der Waals surface area contributed by atoms with Crippen LogP contribution >= 0.6 is 35.4 Å². The molecule has 2 rings (SSSR count). The smallest absolute Gasteiger partial charge is 0.228 e. The third-order valence-corrected chi connectivity index (χ3v) is 3.11. The molecule has 0 aliphatic rings. The van der Waals surface area contributed by atoms with Crippen LogP contribution in [0, 0.1) is 6.92 Å². The minimum Gasteiger partial charge on any atom is -0.438 e. The summed E-state index contributed by atoms with van der Waals surface area (Å²) in [4.78, 5) is 0.230. The number of rotatable bonds is 3. The van der Waals surface area contributed by atoms with Gasteiger partial charge in [0.2, 0.25) is 5.88 Å².